The quantitative estimate of drug-likeness (QED) is 0.563. The Balaban J connectivity index is 0.000000858. The molecule has 1 saturated heterocycles. The van der Waals surface area contributed by atoms with Crippen molar-refractivity contribution in [3.05, 3.63) is 48.8 Å². The zero-order valence-corrected chi connectivity index (χ0v) is 17.0. The Hall–Kier alpha value is -3.25. The molecule has 2 N–H and O–H groups in total. The highest BCUT2D eigenvalue weighted by Crippen LogP contribution is 2.31. The maximum Gasteiger partial charge on any atom is 0.387 e. The normalized spacial score (nSPS) is 14.2. The van der Waals surface area contributed by atoms with E-state index in [2.05, 4.69) is 19.9 Å². The average Bonchev–Trinajstić information content (AvgIpc) is 3.15. The number of carboxylic acid groups (broad SMARTS) is 1. The van der Waals surface area contributed by atoms with Gasteiger partial charge >= 0.3 is 6.61 Å². The Morgan fingerprint density at radius 3 is 2.58 bits per heavy atom. The highest BCUT2D eigenvalue weighted by atomic mass is 32.2. The fourth-order valence-electron chi connectivity index (χ4n) is 3.27. The first-order valence-electron chi connectivity index (χ1n) is 9.18. The van der Waals surface area contributed by atoms with E-state index in [-0.39, 0.29) is 17.1 Å². The lowest BCUT2D eigenvalue weighted by molar-refractivity contribution is -0.122. The molecule has 0 spiro atoms. The molecule has 1 aliphatic heterocycles. The molecule has 31 heavy (non-hydrogen) atoms. The van der Waals surface area contributed by atoms with Crippen molar-refractivity contribution < 1.29 is 31.8 Å². The Morgan fingerprint density at radius 1 is 1.19 bits per heavy atom. The van der Waals surface area contributed by atoms with E-state index in [4.69, 9.17) is 9.90 Å². The molecule has 0 atom stereocenters. The maximum absolute atomic E-state index is 13.2. The molecule has 1 fully saturated rings. The fourth-order valence-corrected chi connectivity index (χ4v) is 4.66. The summed E-state index contributed by atoms with van der Waals surface area (Å²) in [5, 5.41) is 10.1. The van der Waals surface area contributed by atoms with Gasteiger partial charge in [-0.2, -0.15) is 8.78 Å². The molecule has 4 rings (SSSR count). The van der Waals surface area contributed by atoms with E-state index in [0.29, 0.717) is 11.0 Å². The van der Waals surface area contributed by atoms with E-state index in [1.54, 1.807) is 24.5 Å². The summed E-state index contributed by atoms with van der Waals surface area (Å²) in [6, 6.07) is 8.42. The standard InChI is InChI=1S/C18H18F2N4O3S.CH2O2/c19-18(20)27-13-3-1-4-14(11-13)28(25,26)24-12-16(23-9-7-21-8-10-23)17-15(24)5-2-6-22-17;2-1-3/h1-6,11-12,18,21H,7-10H2;1H,(H,2,3). The van der Waals surface area contributed by atoms with Crippen molar-refractivity contribution >= 4 is 33.2 Å². The number of hydrogen-bond acceptors (Lipinski definition) is 7. The molecule has 2 aromatic heterocycles. The molecule has 0 amide bonds. The van der Waals surface area contributed by atoms with Gasteiger partial charge in [0.25, 0.3) is 16.5 Å². The monoisotopic (exact) mass is 454 g/mol. The van der Waals surface area contributed by atoms with E-state index in [9.17, 15) is 17.2 Å². The van der Waals surface area contributed by atoms with Gasteiger partial charge in [-0.3, -0.25) is 9.78 Å². The Morgan fingerprint density at radius 2 is 1.90 bits per heavy atom. The second-order valence-electron chi connectivity index (χ2n) is 6.38. The zero-order valence-electron chi connectivity index (χ0n) is 16.2. The maximum atomic E-state index is 13.2. The van der Waals surface area contributed by atoms with Crippen molar-refractivity contribution in [1.82, 2.24) is 14.3 Å². The molecule has 1 aliphatic rings. The topological polar surface area (TPSA) is 114 Å². The van der Waals surface area contributed by atoms with Crippen LogP contribution in [0.5, 0.6) is 5.75 Å². The van der Waals surface area contributed by atoms with Gasteiger partial charge in [0.2, 0.25) is 0 Å². The molecule has 0 aliphatic carbocycles. The minimum atomic E-state index is -4.03. The molecule has 0 saturated carbocycles. The van der Waals surface area contributed by atoms with Crippen molar-refractivity contribution in [3.63, 3.8) is 0 Å². The molecule has 3 aromatic rings. The third-order valence-electron chi connectivity index (χ3n) is 4.55. The molecular weight excluding hydrogens is 434 g/mol. The molecule has 1 aromatic carbocycles. The Labute approximate surface area is 176 Å². The minimum Gasteiger partial charge on any atom is -0.483 e. The number of ether oxygens (including phenoxy) is 1. The minimum absolute atomic E-state index is 0.140. The lowest BCUT2D eigenvalue weighted by Gasteiger charge is -2.28. The third-order valence-corrected chi connectivity index (χ3v) is 6.22. The SMILES string of the molecule is O=CO.O=S(=O)(c1cccc(OC(F)F)c1)n1cc(N2CCNCC2)c2ncccc21. The number of carbonyl (C=O) groups is 1. The van der Waals surface area contributed by atoms with Gasteiger partial charge in [-0.05, 0) is 24.3 Å². The van der Waals surface area contributed by atoms with Crippen LogP contribution in [0.25, 0.3) is 11.0 Å². The highest BCUT2D eigenvalue weighted by molar-refractivity contribution is 7.90. The number of benzene rings is 1. The number of rotatable bonds is 5. The summed E-state index contributed by atoms with van der Waals surface area (Å²) >= 11 is 0. The largest absolute Gasteiger partial charge is 0.483 e. The lowest BCUT2D eigenvalue weighted by atomic mass is 10.3. The fraction of sp³-hybridized carbons (Fsp3) is 0.263. The number of piperazine rings is 1. The van der Waals surface area contributed by atoms with Gasteiger partial charge in [0, 0.05) is 44.6 Å². The summed E-state index contributed by atoms with van der Waals surface area (Å²) in [6.07, 6.45) is 3.15. The summed E-state index contributed by atoms with van der Waals surface area (Å²) < 4.78 is 57.0. The van der Waals surface area contributed by atoms with Crippen LogP contribution in [-0.4, -0.2) is 61.7 Å². The predicted octanol–water partition coefficient (Wildman–Crippen LogP) is 1.99. The number of nitrogens with zero attached hydrogens (tertiary/aromatic N) is 3. The van der Waals surface area contributed by atoms with E-state index in [1.807, 2.05) is 0 Å². The first-order chi connectivity index (χ1) is 14.9. The van der Waals surface area contributed by atoms with Crippen molar-refractivity contribution in [1.29, 1.82) is 0 Å². The molecule has 3 heterocycles. The van der Waals surface area contributed by atoms with Crippen LogP contribution in [-0.2, 0) is 14.8 Å². The molecule has 0 bridgehead atoms. The number of nitrogens with one attached hydrogen (secondary N) is 1. The van der Waals surface area contributed by atoms with E-state index < -0.39 is 16.6 Å². The molecule has 166 valence electrons. The number of aromatic nitrogens is 2. The van der Waals surface area contributed by atoms with Gasteiger partial charge in [0.1, 0.15) is 11.3 Å². The van der Waals surface area contributed by atoms with E-state index in [0.717, 1.165) is 41.9 Å². The first kappa shape index (κ1) is 22.4. The second-order valence-corrected chi connectivity index (χ2v) is 8.20. The van der Waals surface area contributed by atoms with Crippen LogP contribution in [0.3, 0.4) is 0 Å². The van der Waals surface area contributed by atoms with Gasteiger partial charge in [-0.25, -0.2) is 12.4 Å². The van der Waals surface area contributed by atoms with Crippen LogP contribution in [0, 0.1) is 0 Å². The van der Waals surface area contributed by atoms with Crippen molar-refractivity contribution in [3.8, 4) is 5.75 Å². The van der Waals surface area contributed by atoms with Crippen molar-refractivity contribution in [2.24, 2.45) is 0 Å². The Bertz CT molecular complexity index is 1150. The number of pyridine rings is 1. The molecule has 0 radical (unpaired) electrons. The summed E-state index contributed by atoms with van der Waals surface area (Å²) in [5.74, 6) is -0.215. The molecule has 9 nitrogen and oxygen atoms in total. The zero-order chi connectivity index (χ0) is 22.4. The predicted molar refractivity (Wildman–Crippen MR) is 109 cm³/mol. The molecular formula is C19H20F2N4O5S. The van der Waals surface area contributed by atoms with Gasteiger partial charge in [0.15, 0.2) is 0 Å². The van der Waals surface area contributed by atoms with Crippen LogP contribution >= 0.6 is 0 Å². The van der Waals surface area contributed by atoms with Gasteiger partial charge in [0.05, 0.1) is 16.1 Å². The smallest absolute Gasteiger partial charge is 0.387 e. The van der Waals surface area contributed by atoms with Gasteiger partial charge in [-0.1, -0.05) is 6.07 Å². The summed E-state index contributed by atoms with van der Waals surface area (Å²) in [5.41, 5.74) is 1.73. The summed E-state index contributed by atoms with van der Waals surface area (Å²) in [4.78, 5) is 14.7. The van der Waals surface area contributed by atoms with Crippen molar-refractivity contribution in [2.75, 3.05) is 31.1 Å². The lowest BCUT2D eigenvalue weighted by Crippen LogP contribution is -2.43. The van der Waals surface area contributed by atoms with Crippen LogP contribution in [0.2, 0.25) is 0 Å². The second kappa shape index (κ2) is 9.71. The number of fused-ring (bicyclic) bond motifs is 1. The molecule has 0 unspecified atom stereocenters. The van der Waals surface area contributed by atoms with Crippen LogP contribution in [0.15, 0.2) is 53.7 Å². The third kappa shape index (κ3) is 4.91. The van der Waals surface area contributed by atoms with E-state index >= 15 is 0 Å². The van der Waals surface area contributed by atoms with Crippen LogP contribution in [0.4, 0.5) is 14.5 Å². The number of halogens is 2. The number of alkyl halides is 2. The van der Waals surface area contributed by atoms with Crippen molar-refractivity contribution in [2.45, 2.75) is 11.5 Å². The Kier molecular flexibility index (Phi) is 7.02. The van der Waals surface area contributed by atoms with Gasteiger partial charge in [-0.15, -0.1) is 0 Å². The van der Waals surface area contributed by atoms with Crippen LogP contribution < -0.4 is 15.0 Å². The summed E-state index contributed by atoms with van der Waals surface area (Å²) in [7, 11) is -4.03. The number of hydrogen-bond donors (Lipinski definition) is 2. The number of anilines is 1. The van der Waals surface area contributed by atoms with Gasteiger partial charge < -0.3 is 20.1 Å². The first-order valence-corrected chi connectivity index (χ1v) is 10.6. The average molecular weight is 454 g/mol. The van der Waals surface area contributed by atoms with E-state index in [1.165, 1.54) is 18.2 Å². The molecule has 12 heteroatoms. The van der Waals surface area contributed by atoms with Crippen LogP contribution in [0.1, 0.15) is 0 Å². The highest BCUT2D eigenvalue weighted by Gasteiger charge is 2.25. The summed E-state index contributed by atoms with van der Waals surface area (Å²) in [6.45, 7) is -0.242.